The van der Waals surface area contributed by atoms with Gasteiger partial charge in [-0.05, 0) is 27.7 Å². The molecule has 0 heterocycles. The van der Waals surface area contributed by atoms with Crippen molar-refractivity contribution in [3.05, 3.63) is 0 Å². The summed E-state index contributed by atoms with van der Waals surface area (Å²) in [5.74, 6) is -0.336. The molecule has 0 aromatic heterocycles. The van der Waals surface area contributed by atoms with Crippen LogP contribution in [0.3, 0.4) is 0 Å². The Labute approximate surface area is 97.1 Å². The molecule has 0 rings (SSSR count). The fourth-order valence-corrected chi connectivity index (χ4v) is 1.31. The van der Waals surface area contributed by atoms with E-state index in [-0.39, 0.29) is 11.8 Å². The van der Waals surface area contributed by atoms with Crippen molar-refractivity contribution in [1.29, 1.82) is 0 Å². The number of nitrogens with zero attached hydrogens (tertiary/aromatic N) is 1. The number of nitrogens with one attached hydrogen (secondary N) is 1. The molecule has 2 amide bonds. The Bertz CT molecular complexity index is 239. The second-order valence-electron chi connectivity index (χ2n) is 3.62. The molecule has 2 atom stereocenters. The molecule has 5 nitrogen and oxygen atoms in total. The first kappa shape index (κ1) is 14.9. The smallest absolute Gasteiger partial charge is 0.249 e. The van der Waals surface area contributed by atoms with Crippen molar-refractivity contribution in [2.75, 3.05) is 20.2 Å². The predicted molar refractivity (Wildman–Crippen MR) is 62.0 cm³/mol. The normalized spacial score (nSPS) is 14.1. The maximum atomic E-state index is 11.8. The topological polar surface area (TPSA) is 58.6 Å². The summed E-state index contributed by atoms with van der Waals surface area (Å²) in [6.45, 7) is 8.44. The van der Waals surface area contributed by atoms with Crippen molar-refractivity contribution in [3.8, 4) is 0 Å². The molecule has 0 aliphatic carbocycles. The second kappa shape index (κ2) is 7.22. The Morgan fingerprint density at radius 1 is 1.25 bits per heavy atom. The molecule has 0 aromatic carbocycles. The van der Waals surface area contributed by atoms with Gasteiger partial charge in [0, 0.05) is 20.2 Å². The highest BCUT2D eigenvalue weighted by Crippen LogP contribution is 1.96. The van der Waals surface area contributed by atoms with Crippen LogP contribution in [0.5, 0.6) is 0 Å². The Hall–Kier alpha value is -1.10. The van der Waals surface area contributed by atoms with E-state index < -0.39 is 12.1 Å². The first-order valence-corrected chi connectivity index (χ1v) is 5.59. The van der Waals surface area contributed by atoms with Crippen LogP contribution in [0.2, 0.25) is 0 Å². The molecule has 0 aromatic rings. The van der Waals surface area contributed by atoms with Crippen LogP contribution in [0.4, 0.5) is 0 Å². The monoisotopic (exact) mass is 230 g/mol. The maximum Gasteiger partial charge on any atom is 0.249 e. The van der Waals surface area contributed by atoms with Gasteiger partial charge in [0.05, 0.1) is 0 Å². The number of carbonyl (C=O) groups is 2. The van der Waals surface area contributed by atoms with Crippen molar-refractivity contribution in [1.82, 2.24) is 10.2 Å². The van der Waals surface area contributed by atoms with Gasteiger partial charge in [0.25, 0.3) is 0 Å². The molecule has 0 aliphatic heterocycles. The third-order valence-electron chi connectivity index (χ3n) is 2.53. The first-order valence-electron chi connectivity index (χ1n) is 5.59. The molecule has 0 saturated carbocycles. The lowest BCUT2D eigenvalue weighted by atomic mass is 10.2. The van der Waals surface area contributed by atoms with E-state index in [2.05, 4.69) is 5.32 Å². The van der Waals surface area contributed by atoms with E-state index >= 15 is 0 Å². The van der Waals surface area contributed by atoms with E-state index in [0.717, 1.165) is 0 Å². The summed E-state index contributed by atoms with van der Waals surface area (Å²) in [7, 11) is 1.46. The van der Waals surface area contributed by atoms with Crippen molar-refractivity contribution in [3.63, 3.8) is 0 Å². The summed E-state index contributed by atoms with van der Waals surface area (Å²) in [5.41, 5.74) is 0. The molecule has 94 valence electrons. The van der Waals surface area contributed by atoms with Crippen LogP contribution >= 0.6 is 0 Å². The highest BCUT2D eigenvalue weighted by molar-refractivity contribution is 5.88. The minimum Gasteiger partial charge on any atom is -0.372 e. The average Bonchev–Trinajstić information content (AvgIpc) is 2.29. The number of carbonyl (C=O) groups excluding carboxylic acids is 2. The molecule has 16 heavy (non-hydrogen) atoms. The quantitative estimate of drug-likeness (QED) is 0.718. The molecule has 1 N–H and O–H groups in total. The largest absolute Gasteiger partial charge is 0.372 e. The SMILES string of the molecule is CCN(CC)C(=O)C(C)NC(=O)C(C)OC. The molecule has 5 heteroatoms. The number of ether oxygens (including phenoxy) is 1. The van der Waals surface area contributed by atoms with Crippen molar-refractivity contribution < 1.29 is 14.3 Å². The lowest BCUT2D eigenvalue weighted by Crippen LogP contribution is -2.49. The lowest BCUT2D eigenvalue weighted by Gasteiger charge is -2.24. The van der Waals surface area contributed by atoms with Crippen LogP contribution in [0, 0.1) is 0 Å². The molecule has 0 bridgehead atoms. The molecule has 0 saturated heterocycles. The zero-order chi connectivity index (χ0) is 12.7. The Balaban J connectivity index is 4.29. The van der Waals surface area contributed by atoms with Crippen LogP contribution in [0.25, 0.3) is 0 Å². The summed E-state index contributed by atoms with van der Waals surface area (Å²) in [4.78, 5) is 25.0. The fraction of sp³-hybridized carbons (Fsp3) is 0.818. The maximum absolute atomic E-state index is 11.8. The van der Waals surface area contributed by atoms with Gasteiger partial charge in [0.2, 0.25) is 11.8 Å². The number of rotatable bonds is 6. The van der Waals surface area contributed by atoms with Gasteiger partial charge in [0.15, 0.2) is 0 Å². The average molecular weight is 230 g/mol. The van der Waals surface area contributed by atoms with Gasteiger partial charge < -0.3 is 15.0 Å². The van der Waals surface area contributed by atoms with Crippen molar-refractivity contribution >= 4 is 11.8 Å². The summed E-state index contributed by atoms with van der Waals surface area (Å²) >= 11 is 0. The number of methoxy groups -OCH3 is 1. The standard InChI is InChI=1S/C11H22N2O3/c1-6-13(7-2)11(15)8(3)12-10(14)9(4)16-5/h8-9H,6-7H2,1-5H3,(H,12,14). The lowest BCUT2D eigenvalue weighted by molar-refractivity contribution is -0.138. The minimum atomic E-state index is -0.535. The molecule has 0 radical (unpaired) electrons. The third-order valence-corrected chi connectivity index (χ3v) is 2.53. The minimum absolute atomic E-state index is 0.0679. The van der Waals surface area contributed by atoms with Crippen LogP contribution in [0.1, 0.15) is 27.7 Å². The van der Waals surface area contributed by atoms with Crippen LogP contribution in [-0.4, -0.2) is 49.1 Å². The number of likely N-dealkylation sites (N-methyl/N-ethyl adjacent to an activating group) is 1. The number of amides is 2. The molecular formula is C11H22N2O3. The van der Waals surface area contributed by atoms with Crippen molar-refractivity contribution in [2.45, 2.75) is 39.8 Å². The Morgan fingerprint density at radius 2 is 1.75 bits per heavy atom. The zero-order valence-corrected chi connectivity index (χ0v) is 10.7. The molecule has 2 unspecified atom stereocenters. The van der Waals surface area contributed by atoms with Gasteiger partial charge in [-0.1, -0.05) is 0 Å². The van der Waals surface area contributed by atoms with Crippen LogP contribution in [-0.2, 0) is 14.3 Å². The molecule has 0 fully saturated rings. The van der Waals surface area contributed by atoms with E-state index in [1.54, 1.807) is 18.7 Å². The van der Waals surface area contributed by atoms with Gasteiger partial charge in [-0.25, -0.2) is 0 Å². The predicted octanol–water partition coefficient (Wildman–Crippen LogP) is 0.394. The van der Waals surface area contributed by atoms with Gasteiger partial charge >= 0.3 is 0 Å². The van der Waals surface area contributed by atoms with Crippen molar-refractivity contribution in [2.24, 2.45) is 0 Å². The van der Waals surface area contributed by atoms with E-state index in [4.69, 9.17) is 4.74 Å². The summed E-state index contributed by atoms with van der Waals surface area (Å²) in [6, 6.07) is -0.509. The first-order chi connectivity index (χ1) is 7.47. The van der Waals surface area contributed by atoms with E-state index in [9.17, 15) is 9.59 Å². The van der Waals surface area contributed by atoms with E-state index in [0.29, 0.717) is 13.1 Å². The Morgan fingerprint density at radius 3 is 2.12 bits per heavy atom. The molecular weight excluding hydrogens is 208 g/mol. The molecule has 0 spiro atoms. The fourth-order valence-electron chi connectivity index (χ4n) is 1.31. The number of hydrogen-bond acceptors (Lipinski definition) is 3. The molecule has 0 aliphatic rings. The highest BCUT2D eigenvalue weighted by Gasteiger charge is 2.22. The van der Waals surface area contributed by atoms with E-state index in [1.165, 1.54) is 7.11 Å². The summed E-state index contributed by atoms with van der Waals surface area (Å²) in [6.07, 6.45) is -0.535. The van der Waals surface area contributed by atoms with Crippen LogP contribution in [0.15, 0.2) is 0 Å². The summed E-state index contributed by atoms with van der Waals surface area (Å²) in [5, 5.41) is 2.62. The van der Waals surface area contributed by atoms with Gasteiger partial charge in [-0.15, -0.1) is 0 Å². The summed E-state index contributed by atoms with van der Waals surface area (Å²) < 4.78 is 4.87. The third kappa shape index (κ3) is 4.18. The zero-order valence-electron chi connectivity index (χ0n) is 10.7. The Kier molecular flexibility index (Phi) is 6.72. The van der Waals surface area contributed by atoms with Gasteiger partial charge in [-0.3, -0.25) is 9.59 Å². The highest BCUT2D eigenvalue weighted by atomic mass is 16.5. The van der Waals surface area contributed by atoms with Gasteiger partial charge in [0.1, 0.15) is 12.1 Å². The van der Waals surface area contributed by atoms with Gasteiger partial charge in [-0.2, -0.15) is 0 Å². The second-order valence-corrected chi connectivity index (χ2v) is 3.62. The number of hydrogen-bond donors (Lipinski definition) is 1. The van der Waals surface area contributed by atoms with Crippen LogP contribution < -0.4 is 5.32 Å². The van der Waals surface area contributed by atoms with E-state index in [1.807, 2.05) is 13.8 Å².